The summed E-state index contributed by atoms with van der Waals surface area (Å²) in [6.07, 6.45) is 42.0. The van der Waals surface area contributed by atoms with E-state index in [1.165, 1.54) is 109 Å². The number of unbranched alkanes of at least 4 members (excludes halogenated alkanes) is 21. The van der Waals surface area contributed by atoms with Crippen molar-refractivity contribution >= 4 is 11.7 Å². The molecule has 2 unspecified atom stereocenters. The van der Waals surface area contributed by atoms with Crippen LogP contribution in [0.2, 0.25) is 0 Å². The number of aliphatic hydroxyl groups excluding tert-OH is 1. The summed E-state index contributed by atoms with van der Waals surface area (Å²) in [5, 5.41) is 12.5. The maximum atomic E-state index is 13.1. The molecule has 1 amide bonds. The Balaban J connectivity index is 4.15. The van der Waals surface area contributed by atoms with Crippen molar-refractivity contribution in [3.8, 4) is 0 Å². The summed E-state index contributed by atoms with van der Waals surface area (Å²) in [5.41, 5.74) is 0. The van der Waals surface area contributed by atoms with Crippen molar-refractivity contribution in [3.63, 3.8) is 0 Å². The Kier molecular flexibility index (Phi) is 33.3. The van der Waals surface area contributed by atoms with Crippen molar-refractivity contribution in [1.29, 1.82) is 0 Å². The molecule has 4 heteroatoms. The van der Waals surface area contributed by atoms with E-state index in [0.29, 0.717) is 19.3 Å². The number of nitrogens with one attached hydrogen (secondary N) is 1. The van der Waals surface area contributed by atoms with E-state index in [9.17, 15) is 14.7 Å². The van der Waals surface area contributed by atoms with Crippen LogP contribution in [0.15, 0.2) is 24.3 Å². The summed E-state index contributed by atoms with van der Waals surface area (Å²) in [5.74, 6) is -0.656. The van der Waals surface area contributed by atoms with Crippen LogP contribution in [0.3, 0.4) is 0 Å². The Morgan fingerprint density at radius 1 is 0.545 bits per heavy atom. The van der Waals surface area contributed by atoms with Crippen LogP contribution in [0, 0.1) is 5.92 Å². The van der Waals surface area contributed by atoms with Gasteiger partial charge in [-0.1, -0.05) is 148 Å². The van der Waals surface area contributed by atoms with Crippen LogP contribution in [0.1, 0.15) is 201 Å². The van der Waals surface area contributed by atoms with Gasteiger partial charge in [0.25, 0.3) is 0 Å². The zero-order chi connectivity index (χ0) is 32.4. The SMILES string of the molecule is CCCCCCCC/C=C\CCCCCCCC(=O)C(CCCCCC/C=C\CCCCCCCC)C(=O)NC(CC)CO. The minimum Gasteiger partial charge on any atom is -0.394 e. The number of aliphatic hydroxyl groups is 1. The average molecular weight is 618 g/mol. The zero-order valence-electron chi connectivity index (χ0n) is 29.7. The van der Waals surface area contributed by atoms with E-state index in [0.717, 1.165) is 51.4 Å². The highest BCUT2D eigenvalue weighted by atomic mass is 16.3. The Morgan fingerprint density at radius 2 is 0.932 bits per heavy atom. The Hall–Kier alpha value is -1.42. The van der Waals surface area contributed by atoms with Crippen LogP contribution in [-0.4, -0.2) is 29.4 Å². The fraction of sp³-hybridized carbons (Fsp3) is 0.850. The minimum absolute atomic E-state index is 0.0796. The quantitative estimate of drug-likeness (QED) is 0.0429. The Bertz CT molecular complexity index is 682. The molecule has 2 atom stereocenters. The van der Waals surface area contributed by atoms with Crippen molar-refractivity contribution in [2.75, 3.05) is 6.61 Å². The summed E-state index contributed by atoms with van der Waals surface area (Å²) in [6.45, 7) is 6.40. The first-order chi connectivity index (χ1) is 21.6. The molecule has 258 valence electrons. The van der Waals surface area contributed by atoms with E-state index in [1.807, 2.05) is 6.92 Å². The first kappa shape index (κ1) is 42.6. The molecule has 0 heterocycles. The predicted octanol–water partition coefficient (Wildman–Crippen LogP) is 11.7. The molecule has 0 fully saturated rings. The lowest BCUT2D eigenvalue weighted by Crippen LogP contribution is -2.43. The molecule has 44 heavy (non-hydrogen) atoms. The number of allylic oxidation sites excluding steroid dienone is 4. The van der Waals surface area contributed by atoms with Crippen molar-refractivity contribution in [2.24, 2.45) is 5.92 Å². The fourth-order valence-electron chi connectivity index (χ4n) is 5.80. The molecule has 0 rings (SSSR count). The fourth-order valence-corrected chi connectivity index (χ4v) is 5.80. The number of amides is 1. The molecule has 0 aromatic carbocycles. The molecule has 0 saturated carbocycles. The molecule has 0 aromatic heterocycles. The first-order valence-electron chi connectivity index (χ1n) is 19.3. The summed E-state index contributed by atoms with van der Waals surface area (Å²) in [6, 6.07) is -0.263. The molecule has 0 radical (unpaired) electrons. The van der Waals surface area contributed by atoms with Crippen LogP contribution >= 0.6 is 0 Å². The molecule has 0 aliphatic rings. The van der Waals surface area contributed by atoms with Crippen LogP contribution in [0.4, 0.5) is 0 Å². The van der Waals surface area contributed by atoms with Gasteiger partial charge in [0.05, 0.1) is 18.6 Å². The highest BCUT2D eigenvalue weighted by Gasteiger charge is 2.26. The highest BCUT2D eigenvalue weighted by Crippen LogP contribution is 2.18. The van der Waals surface area contributed by atoms with E-state index >= 15 is 0 Å². The Morgan fingerprint density at radius 3 is 1.34 bits per heavy atom. The summed E-state index contributed by atoms with van der Waals surface area (Å²) >= 11 is 0. The maximum absolute atomic E-state index is 13.1. The first-order valence-corrected chi connectivity index (χ1v) is 19.3. The van der Waals surface area contributed by atoms with E-state index in [2.05, 4.69) is 43.5 Å². The van der Waals surface area contributed by atoms with Crippen molar-refractivity contribution in [3.05, 3.63) is 24.3 Å². The second kappa shape index (κ2) is 34.5. The van der Waals surface area contributed by atoms with E-state index < -0.39 is 5.92 Å². The monoisotopic (exact) mass is 618 g/mol. The topological polar surface area (TPSA) is 66.4 Å². The maximum Gasteiger partial charge on any atom is 0.230 e. The van der Waals surface area contributed by atoms with Gasteiger partial charge in [-0.05, 0) is 70.6 Å². The van der Waals surface area contributed by atoms with Gasteiger partial charge in [-0.15, -0.1) is 0 Å². The lowest BCUT2D eigenvalue weighted by atomic mass is 9.91. The van der Waals surface area contributed by atoms with Gasteiger partial charge < -0.3 is 10.4 Å². The van der Waals surface area contributed by atoms with Gasteiger partial charge in [0.15, 0.2) is 0 Å². The summed E-state index contributed by atoms with van der Waals surface area (Å²) < 4.78 is 0. The van der Waals surface area contributed by atoms with Gasteiger partial charge in [-0.3, -0.25) is 9.59 Å². The lowest BCUT2D eigenvalue weighted by molar-refractivity contribution is -0.135. The smallest absolute Gasteiger partial charge is 0.230 e. The van der Waals surface area contributed by atoms with Crippen LogP contribution in [0.5, 0.6) is 0 Å². The third-order valence-corrected chi connectivity index (χ3v) is 8.95. The number of hydrogen-bond donors (Lipinski definition) is 2. The number of rotatable bonds is 34. The van der Waals surface area contributed by atoms with Gasteiger partial charge in [-0.2, -0.15) is 0 Å². The third-order valence-electron chi connectivity index (χ3n) is 8.95. The van der Waals surface area contributed by atoms with Gasteiger partial charge >= 0.3 is 0 Å². The largest absolute Gasteiger partial charge is 0.394 e. The van der Waals surface area contributed by atoms with E-state index in [4.69, 9.17) is 0 Å². The molecule has 0 spiro atoms. The zero-order valence-corrected chi connectivity index (χ0v) is 29.7. The average Bonchev–Trinajstić information content (AvgIpc) is 3.03. The molecular weight excluding hydrogens is 542 g/mol. The van der Waals surface area contributed by atoms with Gasteiger partial charge in [0.2, 0.25) is 5.91 Å². The van der Waals surface area contributed by atoms with Gasteiger partial charge in [-0.25, -0.2) is 0 Å². The van der Waals surface area contributed by atoms with Crippen LogP contribution in [0.25, 0.3) is 0 Å². The van der Waals surface area contributed by atoms with Crippen LogP contribution in [-0.2, 0) is 9.59 Å². The van der Waals surface area contributed by atoms with Gasteiger partial charge in [0.1, 0.15) is 5.78 Å². The van der Waals surface area contributed by atoms with E-state index in [-0.39, 0.29) is 24.3 Å². The van der Waals surface area contributed by atoms with E-state index in [1.54, 1.807) is 0 Å². The number of carbonyl (C=O) groups is 2. The summed E-state index contributed by atoms with van der Waals surface area (Å²) in [4.78, 5) is 26.1. The molecule has 0 saturated heterocycles. The van der Waals surface area contributed by atoms with Crippen molar-refractivity contribution < 1.29 is 14.7 Å². The van der Waals surface area contributed by atoms with Crippen LogP contribution < -0.4 is 5.32 Å². The molecular formula is C40H75NO3. The number of ketones is 1. The molecule has 2 N–H and O–H groups in total. The Labute approximate surface area is 274 Å². The number of carbonyl (C=O) groups excluding carboxylic acids is 2. The second-order valence-corrected chi connectivity index (χ2v) is 13.2. The molecule has 0 aromatic rings. The second-order valence-electron chi connectivity index (χ2n) is 13.2. The van der Waals surface area contributed by atoms with Crippen molar-refractivity contribution in [1.82, 2.24) is 5.32 Å². The standard InChI is InChI=1S/C40H75NO3/c1-4-7-9-11-13-15-17-19-21-23-25-27-29-31-33-35-39(43)38(40(44)41-37(6-3)36-42)34-32-30-28-26-24-22-20-18-16-14-12-10-8-5-2/h19-22,37-38,42H,4-18,23-36H2,1-3H3,(H,41,44)/b21-19-,22-20-. The molecule has 0 aliphatic heterocycles. The van der Waals surface area contributed by atoms with Gasteiger partial charge in [0, 0.05) is 6.42 Å². The summed E-state index contributed by atoms with van der Waals surface area (Å²) in [7, 11) is 0. The predicted molar refractivity (Wildman–Crippen MR) is 192 cm³/mol. The number of Topliss-reactive ketones (excluding diaryl/α,β-unsaturated/α-hetero) is 1. The number of hydrogen-bond acceptors (Lipinski definition) is 3. The molecule has 0 bridgehead atoms. The highest BCUT2D eigenvalue weighted by molar-refractivity contribution is 6.01. The minimum atomic E-state index is -0.565. The normalized spacial score (nSPS) is 13.2. The molecule has 0 aliphatic carbocycles. The molecule has 4 nitrogen and oxygen atoms in total. The lowest BCUT2D eigenvalue weighted by Gasteiger charge is -2.20. The third kappa shape index (κ3) is 28.1. The van der Waals surface area contributed by atoms with Crippen molar-refractivity contribution in [2.45, 2.75) is 207 Å².